The van der Waals surface area contributed by atoms with Crippen molar-refractivity contribution in [3.8, 4) is 11.4 Å². The first-order valence-electron chi connectivity index (χ1n) is 8.36. The van der Waals surface area contributed by atoms with Gasteiger partial charge in [0.05, 0.1) is 10.8 Å². The summed E-state index contributed by atoms with van der Waals surface area (Å²) in [4.78, 5) is 12.3. The molecule has 2 aromatic carbocycles. The maximum Gasteiger partial charge on any atom is 0.234 e. The molecule has 27 heavy (non-hydrogen) atoms. The number of nitrogens with zero attached hydrogens (tertiary/aromatic N) is 3. The van der Waals surface area contributed by atoms with Crippen molar-refractivity contribution in [1.82, 2.24) is 14.8 Å². The number of carbonyl (C=O) groups excluding carboxylic acids is 1. The Kier molecular flexibility index (Phi) is 6.57. The fourth-order valence-corrected chi connectivity index (χ4v) is 4.10. The molecule has 0 atom stereocenters. The molecule has 5 nitrogen and oxygen atoms in total. The molecule has 0 radical (unpaired) electrons. The molecule has 1 aromatic heterocycles. The number of aromatic nitrogens is 3. The lowest BCUT2D eigenvalue weighted by molar-refractivity contribution is -0.113. The third-order valence-electron chi connectivity index (χ3n) is 3.94. The highest BCUT2D eigenvalue weighted by atomic mass is 79.9. The topological polar surface area (TPSA) is 59.8 Å². The van der Waals surface area contributed by atoms with Gasteiger partial charge in [-0.3, -0.25) is 4.79 Å². The Hall–Kier alpha value is -1.83. The number of anilines is 1. The van der Waals surface area contributed by atoms with E-state index < -0.39 is 0 Å². The summed E-state index contributed by atoms with van der Waals surface area (Å²) < 4.78 is 2.94. The maximum absolute atomic E-state index is 12.3. The molecule has 0 saturated carbocycles. The van der Waals surface area contributed by atoms with Gasteiger partial charge in [0.1, 0.15) is 0 Å². The predicted molar refractivity (Wildman–Crippen MR) is 114 cm³/mol. The highest BCUT2D eigenvalue weighted by Crippen LogP contribution is 2.29. The zero-order valence-electron chi connectivity index (χ0n) is 14.9. The standard InChI is InChI=1S/C19H18BrClN4OS/c1-3-25-18(14-6-4-5-7-15(14)21)23-24-19(25)27-11-17(26)22-16-9-8-13(20)10-12(16)2/h4-10H,3,11H2,1-2H3,(H,22,26). The van der Waals surface area contributed by atoms with E-state index >= 15 is 0 Å². The van der Waals surface area contributed by atoms with Gasteiger partial charge in [0, 0.05) is 22.3 Å². The third-order valence-corrected chi connectivity index (χ3v) is 5.73. The first-order valence-corrected chi connectivity index (χ1v) is 10.5. The molecule has 1 N–H and O–H groups in total. The second-order valence-corrected chi connectivity index (χ2v) is 8.09. The zero-order valence-corrected chi connectivity index (χ0v) is 18.0. The average molecular weight is 466 g/mol. The van der Waals surface area contributed by atoms with Crippen LogP contribution in [0.15, 0.2) is 52.1 Å². The molecular formula is C19H18BrClN4OS. The van der Waals surface area contributed by atoms with Gasteiger partial charge in [-0.25, -0.2) is 0 Å². The van der Waals surface area contributed by atoms with Crippen molar-refractivity contribution in [2.75, 3.05) is 11.1 Å². The number of aryl methyl sites for hydroxylation is 1. The number of carbonyl (C=O) groups is 1. The molecule has 0 aliphatic heterocycles. The fraction of sp³-hybridized carbons (Fsp3) is 0.211. The van der Waals surface area contributed by atoms with Crippen LogP contribution >= 0.6 is 39.3 Å². The van der Waals surface area contributed by atoms with Crippen molar-refractivity contribution in [3.05, 3.63) is 57.5 Å². The molecule has 1 amide bonds. The van der Waals surface area contributed by atoms with E-state index in [-0.39, 0.29) is 11.7 Å². The average Bonchev–Trinajstić information content (AvgIpc) is 3.05. The molecule has 0 unspecified atom stereocenters. The lowest BCUT2D eigenvalue weighted by Crippen LogP contribution is -2.15. The van der Waals surface area contributed by atoms with Crippen LogP contribution in [0, 0.1) is 6.92 Å². The Morgan fingerprint density at radius 1 is 1.26 bits per heavy atom. The van der Waals surface area contributed by atoms with Crippen LogP contribution in [0.1, 0.15) is 12.5 Å². The minimum Gasteiger partial charge on any atom is -0.325 e. The first kappa shape index (κ1) is 19.9. The molecule has 0 fully saturated rings. The van der Waals surface area contributed by atoms with Crippen molar-refractivity contribution >= 4 is 50.9 Å². The predicted octanol–water partition coefficient (Wildman–Crippen LogP) is 5.42. The molecule has 0 aliphatic rings. The summed E-state index contributed by atoms with van der Waals surface area (Å²) in [6.07, 6.45) is 0. The van der Waals surface area contributed by atoms with Gasteiger partial charge in [-0.1, -0.05) is 51.4 Å². The smallest absolute Gasteiger partial charge is 0.234 e. The number of hydrogen-bond donors (Lipinski definition) is 1. The Morgan fingerprint density at radius 2 is 2.04 bits per heavy atom. The van der Waals surface area contributed by atoms with E-state index in [1.807, 2.05) is 60.9 Å². The first-order chi connectivity index (χ1) is 13.0. The highest BCUT2D eigenvalue weighted by molar-refractivity contribution is 9.10. The molecule has 0 saturated heterocycles. The monoisotopic (exact) mass is 464 g/mol. The number of benzene rings is 2. The minimum atomic E-state index is -0.0876. The van der Waals surface area contributed by atoms with Crippen molar-refractivity contribution in [2.24, 2.45) is 0 Å². The summed E-state index contributed by atoms with van der Waals surface area (Å²) in [6.45, 7) is 4.65. The van der Waals surface area contributed by atoms with Crippen molar-refractivity contribution < 1.29 is 4.79 Å². The Balaban J connectivity index is 1.71. The summed E-state index contributed by atoms with van der Waals surface area (Å²) in [5.41, 5.74) is 2.63. The normalized spacial score (nSPS) is 10.8. The molecule has 0 aliphatic carbocycles. The van der Waals surface area contributed by atoms with Gasteiger partial charge in [-0.15, -0.1) is 10.2 Å². The van der Waals surface area contributed by atoms with E-state index in [2.05, 4.69) is 31.4 Å². The molecule has 8 heteroatoms. The molecule has 140 valence electrons. The van der Waals surface area contributed by atoms with Crippen LogP contribution in [0.4, 0.5) is 5.69 Å². The van der Waals surface area contributed by atoms with Gasteiger partial charge in [0.2, 0.25) is 5.91 Å². The van der Waals surface area contributed by atoms with Crippen LogP contribution in [0.2, 0.25) is 5.02 Å². The van der Waals surface area contributed by atoms with Crippen molar-refractivity contribution in [1.29, 1.82) is 0 Å². The summed E-state index contributed by atoms with van der Waals surface area (Å²) >= 11 is 11.1. The van der Waals surface area contributed by atoms with Crippen LogP contribution in [-0.2, 0) is 11.3 Å². The number of halogens is 2. The zero-order chi connectivity index (χ0) is 19.4. The highest BCUT2D eigenvalue weighted by Gasteiger charge is 2.16. The Bertz CT molecular complexity index is 976. The number of hydrogen-bond acceptors (Lipinski definition) is 4. The second kappa shape index (κ2) is 8.91. The van der Waals surface area contributed by atoms with E-state index in [0.717, 1.165) is 21.3 Å². The van der Waals surface area contributed by atoms with Gasteiger partial charge in [0.15, 0.2) is 11.0 Å². The van der Waals surface area contributed by atoms with Crippen LogP contribution < -0.4 is 5.32 Å². The summed E-state index contributed by atoms with van der Waals surface area (Å²) in [6, 6.07) is 13.3. The van der Waals surface area contributed by atoms with Gasteiger partial charge >= 0.3 is 0 Å². The Labute approximate surface area is 175 Å². The number of rotatable bonds is 6. The van der Waals surface area contributed by atoms with Crippen molar-refractivity contribution in [2.45, 2.75) is 25.5 Å². The number of nitrogens with one attached hydrogen (secondary N) is 1. The minimum absolute atomic E-state index is 0.0876. The Morgan fingerprint density at radius 3 is 2.74 bits per heavy atom. The summed E-state index contributed by atoms with van der Waals surface area (Å²) in [7, 11) is 0. The third kappa shape index (κ3) is 4.72. The van der Waals surface area contributed by atoms with Crippen molar-refractivity contribution in [3.63, 3.8) is 0 Å². The maximum atomic E-state index is 12.3. The number of thioether (sulfide) groups is 1. The SMILES string of the molecule is CCn1c(SCC(=O)Nc2ccc(Br)cc2C)nnc1-c1ccccc1Cl. The molecular weight excluding hydrogens is 448 g/mol. The van der Waals surface area contributed by atoms with Gasteiger partial charge in [-0.05, 0) is 49.7 Å². The van der Waals surface area contributed by atoms with Crippen LogP contribution in [0.5, 0.6) is 0 Å². The van der Waals surface area contributed by atoms with E-state index in [0.29, 0.717) is 22.5 Å². The van der Waals surface area contributed by atoms with E-state index in [1.54, 1.807) is 0 Å². The molecule has 0 spiro atoms. The van der Waals surface area contributed by atoms with Gasteiger partial charge in [-0.2, -0.15) is 0 Å². The molecule has 0 bridgehead atoms. The summed E-state index contributed by atoms with van der Waals surface area (Å²) in [5, 5.41) is 12.8. The van der Waals surface area contributed by atoms with Gasteiger partial charge in [0.25, 0.3) is 0 Å². The quantitative estimate of drug-likeness (QED) is 0.494. The molecule has 3 aromatic rings. The van der Waals surface area contributed by atoms with Crippen LogP contribution in [0.25, 0.3) is 11.4 Å². The lowest BCUT2D eigenvalue weighted by Gasteiger charge is -2.10. The largest absolute Gasteiger partial charge is 0.325 e. The molecule has 3 rings (SSSR count). The van der Waals surface area contributed by atoms with E-state index in [1.165, 1.54) is 11.8 Å². The fourth-order valence-electron chi connectivity index (χ4n) is 2.61. The van der Waals surface area contributed by atoms with Gasteiger partial charge < -0.3 is 9.88 Å². The van der Waals surface area contributed by atoms with E-state index in [9.17, 15) is 4.79 Å². The van der Waals surface area contributed by atoms with Crippen LogP contribution in [-0.4, -0.2) is 26.4 Å². The van der Waals surface area contributed by atoms with E-state index in [4.69, 9.17) is 11.6 Å². The lowest BCUT2D eigenvalue weighted by atomic mass is 10.2. The second-order valence-electron chi connectivity index (χ2n) is 5.83. The molecule has 1 heterocycles. The summed E-state index contributed by atoms with van der Waals surface area (Å²) in [5.74, 6) is 0.862. The number of amides is 1. The van der Waals surface area contributed by atoms with Crippen LogP contribution in [0.3, 0.4) is 0 Å².